The Morgan fingerprint density at radius 1 is 1.45 bits per heavy atom. The van der Waals surface area contributed by atoms with E-state index in [9.17, 15) is 18.0 Å². The number of hydrogen-bond donors (Lipinski definition) is 3. The van der Waals surface area contributed by atoms with Crippen LogP contribution in [0.5, 0.6) is 5.75 Å². The minimum Gasteiger partial charge on any atom is -0.484 e. The van der Waals surface area contributed by atoms with E-state index in [0.717, 1.165) is 6.08 Å². The van der Waals surface area contributed by atoms with E-state index in [-0.39, 0.29) is 5.75 Å². The molecule has 1 aromatic carbocycles. The van der Waals surface area contributed by atoms with Crippen LogP contribution >= 0.6 is 0 Å². The quantitative estimate of drug-likeness (QED) is 0.447. The fraction of sp³-hybridized carbons (Fsp3) is 0.167. The van der Waals surface area contributed by atoms with E-state index >= 15 is 0 Å². The molecule has 8 heteroatoms. The highest BCUT2D eigenvalue weighted by molar-refractivity contribution is 6.02. The zero-order valence-corrected chi connectivity index (χ0v) is 10.2. The number of amides is 1. The minimum atomic E-state index is -4.41. The monoisotopic (exact) mass is 287 g/mol. The molecule has 1 aromatic rings. The van der Waals surface area contributed by atoms with Gasteiger partial charge in [0, 0.05) is 6.08 Å². The third-order valence-corrected chi connectivity index (χ3v) is 1.95. The molecule has 0 fully saturated rings. The van der Waals surface area contributed by atoms with E-state index in [2.05, 4.69) is 4.74 Å². The van der Waals surface area contributed by atoms with Gasteiger partial charge in [-0.05, 0) is 23.8 Å². The summed E-state index contributed by atoms with van der Waals surface area (Å²) >= 11 is 0. The second kappa shape index (κ2) is 6.60. The summed E-state index contributed by atoms with van der Waals surface area (Å²) in [7, 11) is 0. The molecule has 0 bridgehead atoms. The van der Waals surface area contributed by atoms with Crippen molar-refractivity contribution in [2.24, 2.45) is 5.73 Å². The summed E-state index contributed by atoms with van der Waals surface area (Å²) in [6.45, 7) is -1.38. The number of nitrogens with two attached hydrogens (primary N) is 1. The number of carbonyl (C=O) groups excluding carboxylic acids is 1. The molecule has 0 unspecified atom stereocenters. The van der Waals surface area contributed by atoms with E-state index in [1.165, 1.54) is 24.3 Å². The lowest BCUT2D eigenvalue weighted by Crippen LogP contribution is -2.34. The predicted octanol–water partition coefficient (Wildman–Crippen LogP) is 1.65. The average Bonchev–Trinajstić information content (AvgIpc) is 2.33. The lowest BCUT2D eigenvalue weighted by atomic mass is 10.2. The third kappa shape index (κ3) is 6.43. The molecule has 0 spiro atoms. The van der Waals surface area contributed by atoms with Crippen molar-refractivity contribution >= 4 is 17.9 Å². The number of carbonyl (C=O) groups is 1. The molecule has 0 saturated heterocycles. The number of guanidine groups is 1. The van der Waals surface area contributed by atoms with Crippen molar-refractivity contribution in [2.45, 2.75) is 6.18 Å². The summed E-state index contributed by atoms with van der Waals surface area (Å²) in [5.41, 5.74) is 5.43. The van der Waals surface area contributed by atoms with Crippen LogP contribution in [-0.4, -0.2) is 24.6 Å². The SMILES string of the molecule is N=C(N)NC(=O)C=Cc1cccc(OCC(F)(F)F)c1. The Morgan fingerprint density at radius 2 is 2.15 bits per heavy atom. The molecule has 20 heavy (non-hydrogen) atoms. The molecule has 0 aliphatic heterocycles. The van der Waals surface area contributed by atoms with Crippen molar-refractivity contribution in [1.82, 2.24) is 5.32 Å². The van der Waals surface area contributed by atoms with E-state index in [1.54, 1.807) is 6.07 Å². The summed E-state index contributed by atoms with van der Waals surface area (Å²) in [4.78, 5) is 11.2. The van der Waals surface area contributed by atoms with Crippen molar-refractivity contribution in [2.75, 3.05) is 6.61 Å². The predicted molar refractivity (Wildman–Crippen MR) is 67.1 cm³/mol. The summed E-state index contributed by atoms with van der Waals surface area (Å²) in [5.74, 6) is -1.07. The standard InChI is InChI=1S/C12H12F3N3O2/c13-12(14,15)7-20-9-3-1-2-8(6-9)4-5-10(19)18-11(16)17/h1-6H,7H2,(H4,16,17,18,19). The highest BCUT2D eigenvalue weighted by Crippen LogP contribution is 2.19. The second-order valence-corrected chi connectivity index (χ2v) is 3.71. The average molecular weight is 287 g/mol. The molecule has 0 aliphatic carbocycles. The van der Waals surface area contributed by atoms with Gasteiger partial charge >= 0.3 is 6.18 Å². The third-order valence-electron chi connectivity index (χ3n) is 1.95. The van der Waals surface area contributed by atoms with Crippen molar-refractivity contribution in [3.8, 4) is 5.75 Å². The Labute approximate surface area is 112 Å². The topological polar surface area (TPSA) is 88.2 Å². The van der Waals surface area contributed by atoms with Crippen LogP contribution in [0.4, 0.5) is 13.2 Å². The van der Waals surface area contributed by atoms with Gasteiger partial charge in [-0.15, -0.1) is 0 Å². The van der Waals surface area contributed by atoms with Gasteiger partial charge in [0.15, 0.2) is 12.6 Å². The first kappa shape index (κ1) is 15.5. The lowest BCUT2D eigenvalue weighted by molar-refractivity contribution is -0.153. The molecule has 0 saturated carbocycles. The van der Waals surface area contributed by atoms with Gasteiger partial charge in [-0.2, -0.15) is 13.2 Å². The minimum absolute atomic E-state index is 0.0384. The molecular weight excluding hydrogens is 275 g/mol. The van der Waals surface area contributed by atoms with Gasteiger partial charge in [-0.1, -0.05) is 12.1 Å². The van der Waals surface area contributed by atoms with Crippen molar-refractivity contribution in [1.29, 1.82) is 5.41 Å². The van der Waals surface area contributed by atoms with Crippen LogP contribution < -0.4 is 15.8 Å². The number of benzene rings is 1. The molecule has 1 amide bonds. The number of ether oxygens (including phenoxy) is 1. The van der Waals surface area contributed by atoms with Crippen LogP contribution in [-0.2, 0) is 4.79 Å². The number of halogens is 3. The number of hydrogen-bond acceptors (Lipinski definition) is 3. The van der Waals surface area contributed by atoms with Crippen LogP contribution in [0.2, 0.25) is 0 Å². The summed E-state index contributed by atoms with van der Waals surface area (Å²) in [6.07, 6.45) is -1.95. The Hall–Kier alpha value is -2.51. The zero-order chi connectivity index (χ0) is 15.2. The first-order chi connectivity index (χ1) is 9.26. The van der Waals surface area contributed by atoms with E-state index < -0.39 is 24.6 Å². The van der Waals surface area contributed by atoms with Gasteiger partial charge in [0.25, 0.3) is 5.91 Å². The molecule has 1 rings (SSSR count). The van der Waals surface area contributed by atoms with Gasteiger partial charge in [0.2, 0.25) is 0 Å². The van der Waals surface area contributed by atoms with E-state index in [1.807, 2.05) is 5.32 Å². The maximum absolute atomic E-state index is 12.0. The molecular formula is C12H12F3N3O2. The normalized spacial score (nSPS) is 11.3. The first-order valence-electron chi connectivity index (χ1n) is 5.39. The number of rotatable bonds is 4. The van der Waals surface area contributed by atoms with Crippen LogP contribution in [0.1, 0.15) is 5.56 Å². The maximum atomic E-state index is 12.0. The van der Waals surface area contributed by atoms with Gasteiger partial charge in [-0.25, -0.2) is 0 Å². The fourth-order valence-corrected chi connectivity index (χ4v) is 1.22. The molecule has 0 radical (unpaired) electrons. The molecule has 4 N–H and O–H groups in total. The van der Waals surface area contributed by atoms with Gasteiger partial charge < -0.3 is 10.5 Å². The highest BCUT2D eigenvalue weighted by Gasteiger charge is 2.28. The van der Waals surface area contributed by atoms with Gasteiger partial charge in [0.05, 0.1) is 0 Å². The lowest BCUT2D eigenvalue weighted by Gasteiger charge is -2.09. The second-order valence-electron chi connectivity index (χ2n) is 3.71. The van der Waals surface area contributed by atoms with Gasteiger partial charge in [0.1, 0.15) is 5.75 Å². The van der Waals surface area contributed by atoms with Crippen LogP contribution in [0.3, 0.4) is 0 Å². The van der Waals surface area contributed by atoms with E-state index in [0.29, 0.717) is 5.56 Å². The summed E-state index contributed by atoms with van der Waals surface area (Å²) in [5, 5.41) is 8.87. The number of nitrogens with one attached hydrogen (secondary N) is 2. The van der Waals surface area contributed by atoms with Crippen LogP contribution in [0.25, 0.3) is 6.08 Å². The van der Waals surface area contributed by atoms with Gasteiger partial charge in [-0.3, -0.25) is 15.5 Å². The molecule has 5 nitrogen and oxygen atoms in total. The van der Waals surface area contributed by atoms with Crippen molar-refractivity contribution in [3.63, 3.8) is 0 Å². The first-order valence-corrected chi connectivity index (χ1v) is 5.39. The van der Waals surface area contributed by atoms with Crippen molar-refractivity contribution < 1.29 is 22.7 Å². The smallest absolute Gasteiger partial charge is 0.422 e. The highest BCUT2D eigenvalue weighted by atomic mass is 19.4. The Balaban J connectivity index is 2.66. The van der Waals surface area contributed by atoms with Crippen molar-refractivity contribution in [3.05, 3.63) is 35.9 Å². The Morgan fingerprint density at radius 3 is 2.75 bits per heavy atom. The Kier molecular flexibility index (Phi) is 5.13. The molecule has 0 atom stereocenters. The molecule has 0 aliphatic rings. The van der Waals surface area contributed by atoms with Crippen LogP contribution in [0, 0.1) is 5.41 Å². The van der Waals surface area contributed by atoms with Crippen LogP contribution in [0.15, 0.2) is 30.3 Å². The Bertz CT molecular complexity index is 527. The summed E-state index contributed by atoms with van der Waals surface area (Å²) in [6, 6.07) is 5.80. The largest absolute Gasteiger partial charge is 0.484 e. The maximum Gasteiger partial charge on any atom is 0.422 e. The zero-order valence-electron chi connectivity index (χ0n) is 10.2. The summed E-state index contributed by atoms with van der Waals surface area (Å²) < 4.78 is 40.5. The van der Waals surface area contributed by atoms with E-state index in [4.69, 9.17) is 11.1 Å². The molecule has 0 heterocycles. The number of alkyl halides is 3. The fourth-order valence-electron chi connectivity index (χ4n) is 1.22. The molecule has 108 valence electrons. The molecule has 0 aromatic heterocycles.